The molecule has 0 saturated carbocycles. The smallest absolute Gasteiger partial charge is 0.115 e. The van der Waals surface area contributed by atoms with Gasteiger partial charge in [-0.2, -0.15) is 0 Å². The number of aromatic nitrogens is 4. The van der Waals surface area contributed by atoms with Gasteiger partial charge < -0.3 is 20.4 Å². The molecule has 9 aromatic rings. The number of benzene rings is 7. The van der Waals surface area contributed by atoms with E-state index in [-0.39, 0.29) is 34.8 Å². The van der Waals surface area contributed by atoms with Crippen LogP contribution in [0.25, 0.3) is 22.1 Å². The van der Waals surface area contributed by atoms with Crippen LogP contribution in [0.5, 0.6) is 23.0 Å². The first-order valence-electron chi connectivity index (χ1n) is 18.0. The Morgan fingerprint density at radius 1 is 0.250 bits per heavy atom. The Bertz CT molecular complexity index is 2210. The second-order valence-corrected chi connectivity index (χ2v) is 13.0. The van der Waals surface area contributed by atoms with E-state index in [4.69, 9.17) is 0 Å². The van der Waals surface area contributed by atoms with Gasteiger partial charge in [0, 0.05) is 36.6 Å². The summed E-state index contributed by atoms with van der Waals surface area (Å²) < 4.78 is 0. The average Bonchev–Trinajstić information content (AvgIpc) is 3.25. The van der Waals surface area contributed by atoms with Crippen molar-refractivity contribution >= 4 is 22.1 Å². The van der Waals surface area contributed by atoms with E-state index in [1.54, 1.807) is 73.3 Å². The lowest BCUT2D eigenvalue weighted by Gasteiger charge is -2.22. The van der Waals surface area contributed by atoms with E-state index in [0.29, 0.717) is 0 Å². The molecule has 2 heterocycles. The first-order chi connectivity index (χ1) is 27.4. The molecule has 0 fully saturated rings. The Labute approximate surface area is 324 Å². The number of phenols is 4. The summed E-state index contributed by atoms with van der Waals surface area (Å²) in [5.41, 5.74) is 10.1. The summed E-state index contributed by atoms with van der Waals surface area (Å²) in [6.45, 7) is 0. The van der Waals surface area contributed by atoms with Gasteiger partial charge in [0.15, 0.2) is 0 Å². The Hall–Kier alpha value is -7.58. The molecule has 7 aromatic carbocycles. The molecule has 0 aliphatic rings. The summed E-state index contributed by atoms with van der Waals surface area (Å²) >= 11 is 0. The number of rotatable bonds is 6. The Morgan fingerprint density at radius 2 is 0.429 bits per heavy atom. The Kier molecular flexibility index (Phi) is 11.5. The molecule has 0 amide bonds. The fraction of sp³-hybridized carbons (Fsp3) is 0.0417. The number of para-hydroxylation sites is 4. The van der Waals surface area contributed by atoms with Crippen LogP contribution in [-0.2, 0) is 0 Å². The number of phenolic OH excluding ortho intramolecular Hbond substituents is 4. The van der Waals surface area contributed by atoms with Crippen LogP contribution in [0.1, 0.15) is 45.2 Å². The SMILES string of the molecule is Oc1ccc(C(c2ccc(O)cc2)c2ccc(C(c3ccc(O)cc3)c3ccc(O)cc3)cc2)cc1.c1ccc2nccnc2c1.c1ccc2nccnc2c1. The van der Waals surface area contributed by atoms with E-state index in [0.717, 1.165) is 55.4 Å². The van der Waals surface area contributed by atoms with Gasteiger partial charge in [-0.05, 0) is 106 Å². The molecule has 9 rings (SSSR count). The monoisotopic (exact) mass is 734 g/mol. The van der Waals surface area contributed by atoms with Crippen molar-refractivity contribution in [1.82, 2.24) is 19.9 Å². The van der Waals surface area contributed by atoms with Crippen LogP contribution in [0.15, 0.2) is 195 Å². The average molecular weight is 735 g/mol. The maximum atomic E-state index is 9.80. The third-order valence-electron chi connectivity index (χ3n) is 9.26. The molecule has 0 atom stereocenters. The lowest BCUT2D eigenvalue weighted by molar-refractivity contribution is 0.474. The highest BCUT2D eigenvalue weighted by molar-refractivity contribution is 5.73. The van der Waals surface area contributed by atoms with Gasteiger partial charge in [0.2, 0.25) is 0 Å². The topological polar surface area (TPSA) is 132 Å². The summed E-state index contributed by atoms with van der Waals surface area (Å²) in [4.78, 5) is 16.5. The van der Waals surface area contributed by atoms with Gasteiger partial charge in [-0.3, -0.25) is 19.9 Å². The molecule has 4 N–H and O–H groups in total. The van der Waals surface area contributed by atoms with Crippen molar-refractivity contribution in [1.29, 1.82) is 0 Å². The number of aromatic hydroxyl groups is 4. The lowest BCUT2D eigenvalue weighted by atomic mass is 9.81. The van der Waals surface area contributed by atoms with Crippen molar-refractivity contribution in [2.75, 3.05) is 0 Å². The summed E-state index contributed by atoms with van der Waals surface area (Å²) in [6.07, 6.45) is 6.79. The standard InChI is InChI=1S/C32H26O4.2C8H6N2/c33-27-13-5-23(6-14-27)31(24-7-15-28(34)16-8-24)21-1-2-22(4-3-21)32(25-9-17-29(35)18-10-25)26-11-19-30(36)20-12-26;2*1-2-4-8-7(3-1)9-5-6-10-8/h1-20,31-36H;2*1-6H. The van der Waals surface area contributed by atoms with E-state index in [2.05, 4.69) is 44.2 Å². The highest BCUT2D eigenvalue weighted by Gasteiger charge is 2.20. The van der Waals surface area contributed by atoms with Gasteiger partial charge >= 0.3 is 0 Å². The quantitative estimate of drug-likeness (QED) is 0.124. The predicted molar refractivity (Wildman–Crippen MR) is 220 cm³/mol. The molecule has 274 valence electrons. The van der Waals surface area contributed by atoms with Gasteiger partial charge in [-0.1, -0.05) is 97.1 Å². The zero-order valence-electron chi connectivity index (χ0n) is 30.2. The van der Waals surface area contributed by atoms with Crippen molar-refractivity contribution < 1.29 is 20.4 Å². The zero-order valence-corrected chi connectivity index (χ0v) is 30.2. The van der Waals surface area contributed by atoms with Crippen LogP contribution in [0.3, 0.4) is 0 Å². The molecular weight excluding hydrogens is 697 g/mol. The number of hydrogen-bond acceptors (Lipinski definition) is 8. The van der Waals surface area contributed by atoms with Crippen molar-refractivity contribution in [3.05, 3.63) is 228 Å². The molecule has 0 bridgehead atoms. The minimum Gasteiger partial charge on any atom is -0.508 e. The second kappa shape index (κ2) is 17.5. The van der Waals surface area contributed by atoms with Crippen molar-refractivity contribution in [2.24, 2.45) is 0 Å². The van der Waals surface area contributed by atoms with Gasteiger partial charge in [0.1, 0.15) is 23.0 Å². The summed E-state index contributed by atoms with van der Waals surface area (Å²) in [6, 6.07) is 52.8. The normalized spacial score (nSPS) is 10.8. The third kappa shape index (κ3) is 9.13. The zero-order chi connectivity index (χ0) is 38.7. The fourth-order valence-electron chi connectivity index (χ4n) is 6.52. The molecular formula is C48H38N4O4. The van der Waals surface area contributed by atoms with Crippen LogP contribution in [0, 0.1) is 0 Å². The summed E-state index contributed by atoms with van der Waals surface area (Å²) in [5.74, 6) is 0.684. The summed E-state index contributed by atoms with van der Waals surface area (Å²) in [5, 5.41) is 39.2. The predicted octanol–water partition coefficient (Wildman–Crippen LogP) is 10.1. The van der Waals surface area contributed by atoms with E-state index < -0.39 is 0 Å². The number of nitrogens with zero attached hydrogens (tertiary/aromatic N) is 4. The van der Waals surface area contributed by atoms with Crippen LogP contribution in [0.2, 0.25) is 0 Å². The van der Waals surface area contributed by atoms with Crippen LogP contribution in [0.4, 0.5) is 0 Å². The molecule has 8 heteroatoms. The fourth-order valence-corrected chi connectivity index (χ4v) is 6.52. The molecule has 0 unspecified atom stereocenters. The second-order valence-electron chi connectivity index (χ2n) is 13.0. The molecule has 0 aliphatic carbocycles. The molecule has 2 aromatic heterocycles. The van der Waals surface area contributed by atoms with Gasteiger partial charge in [0.25, 0.3) is 0 Å². The van der Waals surface area contributed by atoms with Gasteiger partial charge in [0.05, 0.1) is 22.1 Å². The largest absolute Gasteiger partial charge is 0.508 e. The van der Waals surface area contributed by atoms with Crippen LogP contribution >= 0.6 is 0 Å². The minimum atomic E-state index is -0.0824. The van der Waals surface area contributed by atoms with Crippen molar-refractivity contribution in [3.63, 3.8) is 0 Å². The highest BCUT2D eigenvalue weighted by atomic mass is 16.3. The molecule has 0 spiro atoms. The van der Waals surface area contributed by atoms with Gasteiger partial charge in [-0.25, -0.2) is 0 Å². The van der Waals surface area contributed by atoms with Crippen molar-refractivity contribution in [3.8, 4) is 23.0 Å². The van der Waals surface area contributed by atoms with E-state index >= 15 is 0 Å². The number of hydrogen-bond donors (Lipinski definition) is 4. The van der Waals surface area contributed by atoms with Crippen LogP contribution < -0.4 is 0 Å². The third-order valence-corrected chi connectivity index (χ3v) is 9.26. The van der Waals surface area contributed by atoms with E-state index in [9.17, 15) is 20.4 Å². The molecule has 0 aliphatic heterocycles. The number of fused-ring (bicyclic) bond motifs is 2. The molecule has 0 saturated heterocycles. The van der Waals surface area contributed by atoms with Crippen LogP contribution in [-0.4, -0.2) is 40.4 Å². The van der Waals surface area contributed by atoms with Crippen molar-refractivity contribution in [2.45, 2.75) is 11.8 Å². The highest BCUT2D eigenvalue weighted by Crippen LogP contribution is 2.37. The molecule has 56 heavy (non-hydrogen) atoms. The van der Waals surface area contributed by atoms with E-state index in [1.807, 2.05) is 97.1 Å². The summed E-state index contributed by atoms with van der Waals surface area (Å²) in [7, 11) is 0. The first-order valence-corrected chi connectivity index (χ1v) is 18.0. The maximum Gasteiger partial charge on any atom is 0.115 e. The molecule has 8 nitrogen and oxygen atoms in total. The van der Waals surface area contributed by atoms with E-state index in [1.165, 1.54) is 0 Å². The lowest BCUT2D eigenvalue weighted by Crippen LogP contribution is -2.06. The Morgan fingerprint density at radius 3 is 0.625 bits per heavy atom. The maximum absolute atomic E-state index is 9.80. The first kappa shape index (κ1) is 36.8. The Balaban J connectivity index is 0.000000192. The minimum absolute atomic E-state index is 0.0824. The van der Waals surface area contributed by atoms with Gasteiger partial charge in [-0.15, -0.1) is 0 Å². The molecule has 0 radical (unpaired) electrons.